The molecule has 1 aliphatic heterocycles. The van der Waals surface area contributed by atoms with E-state index in [9.17, 15) is 9.59 Å². The summed E-state index contributed by atoms with van der Waals surface area (Å²) in [5.41, 5.74) is 2.30. The Morgan fingerprint density at radius 1 is 1.38 bits per heavy atom. The van der Waals surface area contributed by atoms with E-state index < -0.39 is 5.54 Å². The van der Waals surface area contributed by atoms with Gasteiger partial charge in [0.1, 0.15) is 5.52 Å². The first kappa shape index (κ1) is 20.0. The first-order chi connectivity index (χ1) is 13.8. The van der Waals surface area contributed by atoms with Crippen molar-refractivity contribution in [2.24, 2.45) is 0 Å². The third-order valence-electron chi connectivity index (χ3n) is 5.82. The predicted molar refractivity (Wildman–Crippen MR) is 111 cm³/mol. The van der Waals surface area contributed by atoms with Crippen molar-refractivity contribution < 1.29 is 14.0 Å². The van der Waals surface area contributed by atoms with Crippen molar-refractivity contribution in [1.29, 1.82) is 0 Å². The van der Waals surface area contributed by atoms with E-state index in [1.807, 2.05) is 0 Å². The second-order valence-corrected chi connectivity index (χ2v) is 8.53. The molecule has 1 aliphatic carbocycles. The lowest BCUT2D eigenvalue weighted by Gasteiger charge is -2.42. The Kier molecular flexibility index (Phi) is 5.16. The summed E-state index contributed by atoms with van der Waals surface area (Å²) >= 11 is 6.51. The van der Waals surface area contributed by atoms with Crippen molar-refractivity contribution in [3.05, 3.63) is 22.5 Å². The Bertz CT molecular complexity index is 965. The lowest BCUT2D eigenvalue weighted by atomic mass is 9.74. The van der Waals surface area contributed by atoms with Crippen molar-refractivity contribution in [1.82, 2.24) is 20.5 Å². The van der Waals surface area contributed by atoms with Crippen molar-refractivity contribution in [2.75, 3.05) is 19.4 Å². The van der Waals surface area contributed by atoms with Gasteiger partial charge in [-0.1, -0.05) is 30.9 Å². The van der Waals surface area contributed by atoms with Gasteiger partial charge in [0.05, 0.1) is 28.8 Å². The Morgan fingerprint density at radius 2 is 2.10 bits per heavy atom. The van der Waals surface area contributed by atoms with Crippen LogP contribution in [0.15, 0.2) is 10.5 Å². The molecule has 29 heavy (non-hydrogen) atoms. The molecule has 0 bridgehead atoms. The minimum atomic E-state index is -0.489. The Hall–Kier alpha value is -2.32. The molecule has 0 radical (unpaired) electrons. The molecule has 3 amide bonds. The minimum Gasteiger partial charge on any atom is -0.439 e. The maximum Gasteiger partial charge on any atom is 0.319 e. The quantitative estimate of drug-likeness (QED) is 0.705. The number of urea groups is 1. The van der Waals surface area contributed by atoms with Crippen LogP contribution < -0.4 is 16.0 Å². The maximum absolute atomic E-state index is 12.3. The Balaban J connectivity index is 1.71. The van der Waals surface area contributed by atoms with Gasteiger partial charge < -0.3 is 20.0 Å². The fourth-order valence-corrected chi connectivity index (χ4v) is 4.65. The highest BCUT2D eigenvalue weighted by Gasteiger charge is 2.44. The Labute approximate surface area is 174 Å². The van der Waals surface area contributed by atoms with E-state index >= 15 is 0 Å². The molecule has 156 valence electrons. The fourth-order valence-electron chi connectivity index (χ4n) is 4.40. The summed E-state index contributed by atoms with van der Waals surface area (Å²) in [7, 11) is 3.44. The third kappa shape index (κ3) is 3.55. The Morgan fingerprint density at radius 3 is 2.79 bits per heavy atom. The molecule has 9 heteroatoms. The van der Waals surface area contributed by atoms with Gasteiger partial charge in [0, 0.05) is 19.7 Å². The summed E-state index contributed by atoms with van der Waals surface area (Å²) in [5, 5.41) is 9.58. The van der Waals surface area contributed by atoms with Crippen molar-refractivity contribution in [3.63, 3.8) is 0 Å². The monoisotopic (exact) mass is 419 g/mol. The first-order valence-corrected chi connectivity index (χ1v) is 10.3. The number of nitrogens with one attached hydrogen (secondary N) is 3. The van der Waals surface area contributed by atoms with E-state index in [1.165, 1.54) is 0 Å². The van der Waals surface area contributed by atoms with Gasteiger partial charge >= 0.3 is 6.03 Å². The number of anilines is 1. The smallest absolute Gasteiger partial charge is 0.319 e. The molecule has 1 aromatic heterocycles. The maximum atomic E-state index is 12.3. The number of nitrogens with zero attached hydrogens (tertiary/aromatic N) is 2. The van der Waals surface area contributed by atoms with E-state index in [0.29, 0.717) is 34.2 Å². The first-order valence-electron chi connectivity index (χ1n) is 9.97. The highest BCUT2D eigenvalue weighted by atomic mass is 35.5. The zero-order valence-electron chi connectivity index (χ0n) is 16.9. The van der Waals surface area contributed by atoms with Crippen LogP contribution >= 0.6 is 11.6 Å². The number of amides is 3. The van der Waals surface area contributed by atoms with Crippen molar-refractivity contribution in [2.45, 2.75) is 57.2 Å². The van der Waals surface area contributed by atoms with Gasteiger partial charge in [-0.25, -0.2) is 9.78 Å². The van der Waals surface area contributed by atoms with Crippen molar-refractivity contribution in [3.8, 4) is 0 Å². The standard InChI is InChI=1S/C20H26ClN5O3/c1-11(18(27)26(2)3)22-10-14-23-13-9-12(21)16-15(17(13)29-14)20(25-19(28)24-16)7-5-4-6-8-20/h9,11,22H,4-8,10H2,1-3H3,(H2,24,25,28)/t11-/m1/s1. The lowest BCUT2D eigenvalue weighted by molar-refractivity contribution is -0.130. The largest absolute Gasteiger partial charge is 0.439 e. The van der Waals surface area contributed by atoms with E-state index in [1.54, 1.807) is 32.0 Å². The molecule has 3 N–H and O–H groups in total. The van der Waals surface area contributed by atoms with Crippen LogP contribution in [0.5, 0.6) is 0 Å². The number of aromatic nitrogens is 1. The molecule has 0 saturated heterocycles. The molecule has 2 heterocycles. The summed E-state index contributed by atoms with van der Waals surface area (Å²) in [6.07, 6.45) is 4.88. The molecule has 1 saturated carbocycles. The molecule has 0 unspecified atom stereocenters. The number of likely N-dealkylation sites (N-methyl/N-ethyl adjacent to an activating group) is 1. The number of carbonyl (C=O) groups is 2. The van der Waals surface area contributed by atoms with E-state index in [2.05, 4.69) is 20.9 Å². The van der Waals surface area contributed by atoms with Gasteiger partial charge in [0.15, 0.2) is 5.58 Å². The number of benzene rings is 1. The van der Waals surface area contributed by atoms with Crippen LogP contribution in [0, 0.1) is 0 Å². The van der Waals surface area contributed by atoms with Crippen LogP contribution in [0.2, 0.25) is 5.02 Å². The molecule has 4 rings (SSSR count). The molecular weight excluding hydrogens is 394 g/mol. The average Bonchev–Trinajstić information content (AvgIpc) is 3.08. The van der Waals surface area contributed by atoms with Crippen LogP contribution in [0.3, 0.4) is 0 Å². The number of oxazole rings is 1. The fraction of sp³-hybridized carbons (Fsp3) is 0.550. The van der Waals surface area contributed by atoms with Crippen LogP contribution in [0.1, 0.15) is 50.5 Å². The van der Waals surface area contributed by atoms with Crippen LogP contribution in [0.25, 0.3) is 11.1 Å². The summed E-state index contributed by atoms with van der Waals surface area (Å²) in [6.45, 7) is 2.12. The molecular formula is C20H26ClN5O3. The van der Waals surface area contributed by atoms with Gasteiger partial charge in [0.2, 0.25) is 11.8 Å². The van der Waals surface area contributed by atoms with E-state index in [-0.39, 0.29) is 18.0 Å². The number of carbonyl (C=O) groups excluding carboxylic acids is 2. The second-order valence-electron chi connectivity index (χ2n) is 8.12. The topological polar surface area (TPSA) is 99.5 Å². The number of hydrogen-bond donors (Lipinski definition) is 3. The van der Waals surface area contributed by atoms with Gasteiger partial charge in [-0.05, 0) is 25.8 Å². The van der Waals surface area contributed by atoms with Crippen LogP contribution in [-0.2, 0) is 16.9 Å². The molecule has 1 atom stereocenters. The number of fused-ring (bicyclic) bond motifs is 4. The minimum absolute atomic E-state index is 0.0189. The van der Waals surface area contributed by atoms with E-state index in [0.717, 1.165) is 37.7 Å². The average molecular weight is 420 g/mol. The molecule has 1 fully saturated rings. The summed E-state index contributed by atoms with van der Waals surface area (Å²) < 4.78 is 6.13. The van der Waals surface area contributed by atoms with Crippen LogP contribution in [-0.4, -0.2) is 42.0 Å². The van der Waals surface area contributed by atoms with Gasteiger partial charge in [-0.3, -0.25) is 10.1 Å². The number of rotatable bonds is 4. The lowest BCUT2D eigenvalue weighted by Crippen LogP contribution is -2.52. The van der Waals surface area contributed by atoms with Crippen molar-refractivity contribution >= 4 is 40.3 Å². The van der Waals surface area contributed by atoms with Crippen LogP contribution in [0.4, 0.5) is 10.5 Å². The molecule has 2 aliphatic rings. The number of halogens is 1. The zero-order chi connectivity index (χ0) is 20.8. The molecule has 8 nitrogen and oxygen atoms in total. The zero-order valence-corrected chi connectivity index (χ0v) is 17.7. The third-order valence-corrected chi connectivity index (χ3v) is 6.12. The molecule has 1 aromatic carbocycles. The normalized spacial score (nSPS) is 18.8. The highest BCUT2D eigenvalue weighted by Crippen LogP contribution is 2.48. The number of hydrogen-bond acceptors (Lipinski definition) is 5. The predicted octanol–water partition coefficient (Wildman–Crippen LogP) is 3.34. The second kappa shape index (κ2) is 7.50. The summed E-state index contributed by atoms with van der Waals surface area (Å²) in [4.78, 5) is 30.5. The molecule has 2 aromatic rings. The van der Waals surface area contributed by atoms with E-state index in [4.69, 9.17) is 16.0 Å². The SMILES string of the molecule is C[C@@H](NCc1nc2cc(Cl)c3c(c2o1)C1(CCCCC1)NC(=O)N3)C(=O)N(C)C. The summed E-state index contributed by atoms with van der Waals surface area (Å²) in [6, 6.07) is 1.13. The van der Waals surface area contributed by atoms with Gasteiger partial charge in [-0.2, -0.15) is 0 Å². The highest BCUT2D eigenvalue weighted by molar-refractivity contribution is 6.35. The molecule has 1 spiro atoms. The van der Waals surface area contributed by atoms with Gasteiger partial charge in [-0.15, -0.1) is 0 Å². The van der Waals surface area contributed by atoms with Gasteiger partial charge in [0.25, 0.3) is 0 Å². The summed E-state index contributed by atoms with van der Waals surface area (Å²) in [5.74, 6) is 0.459.